The minimum absolute atomic E-state index is 0.491. The van der Waals surface area contributed by atoms with Crippen molar-refractivity contribution in [3.63, 3.8) is 0 Å². The third kappa shape index (κ3) is 0.488. The van der Waals surface area contributed by atoms with E-state index in [2.05, 4.69) is 10.7 Å². The van der Waals surface area contributed by atoms with Gasteiger partial charge in [-0.25, -0.2) is 0 Å². The van der Waals surface area contributed by atoms with Crippen molar-refractivity contribution in [1.82, 2.24) is 5.32 Å². The molecule has 8 heavy (non-hydrogen) atoms. The molecule has 0 spiro atoms. The third-order valence-electron chi connectivity index (χ3n) is 2.53. The Bertz CT molecular complexity index is 134. The molecule has 2 aliphatic rings. The molecule has 2 atom stereocenters. The average Bonchev–Trinajstić information content (AvgIpc) is 2.38. The molecule has 2 rings (SSSR count). The zero-order valence-electron chi connectivity index (χ0n) is 4.98. The minimum atomic E-state index is 0.491. The first-order chi connectivity index (χ1) is 3.87. The van der Waals surface area contributed by atoms with Gasteiger partial charge in [-0.05, 0) is 0 Å². The molecular formula is C6H10AlN. The van der Waals surface area contributed by atoms with Crippen LogP contribution in [0, 0.1) is 5.92 Å². The molecule has 42 valence electrons. The zero-order chi connectivity index (χ0) is 5.61. The first kappa shape index (κ1) is 5.17. The van der Waals surface area contributed by atoms with Crippen molar-refractivity contribution >= 4 is 20.2 Å². The zero-order valence-corrected chi connectivity index (χ0v) is 6.14. The van der Waals surface area contributed by atoms with Gasteiger partial charge in [-0.2, -0.15) is 0 Å². The summed E-state index contributed by atoms with van der Waals surface area (Å²) in [5.74, 6) is 1.04. The van der Waals surface area contributed by atoms with Crippen molar-refractivity contribution in [3.8, 4) is 0 Å². The van der Waals surface area contributed by atoms with E-state index in [0.717, 1.165) is 10.2 Å². The summed E-state index contributed by atoms with van der Waals surface area (Å²) >= 11 is 0.491. The van der Waals surface area contributed by atoms with E-state index in [9.17, 15) is 0 Å². The molecular weight excluding hydrogens is 113 g/mol. The molecule has 0 radical (unpaired) electrons. The van der Waals surface area contributed by atoms with Crippen LogP contribution >= 0.6 is 0 Å². The van der Waals surface area contributed by atoms with Crippen molar-refractivity contribution in [2.45, 2.75) is 10.7 Å². The molecule has 1 nitrogen and oxygen atoms in total. The Balaban J connectivity index is 2.18. The summed E-state index contributed by atoms with van der Waals surface area (Å²) in [6, 6.07) is 0. The standard InChI is InChI=1S/C5H8N.CH2.Al/c1-4-2-6-3-5(1)4;;/h4,6H,1-3H2;1H2;. The molecule has 0 bridgehead atoms. The summed E-state index contributed by atoms with van der Waals surface area (Å²) in [5, 5.41) is 7.42. The van der Waals surface area contributed by atoms with Crippen LogP contribution in [0.2, 0.25) is 4.28 Å². The van der Waals surface area contributed by atoms with E-state index >= 15 is 0 Å². The second-order valence-corrected chi connectivity index (χ2v) is 4.53. The van der Waals surface area contributed by atoms with E-state index < -0.39 is 0 Å². The van der Waals surface area contributed by atoms with Gasteiger partial charge in [-0.15, -0.1) is 0 Å². The average molecular weight is 123 g/mol. The van der Waals surface area contributed by atoms with E-state index in [0.29, 0.717) is 14.8 Å². The summed E-state index contributed by atoms with van der Waals surface area (Å²) in [7, 11) is 0. The fourth-order valence-corrected chi connectivity index (χ4v) is 2.88. The Morgan fingerprint density at radius 2 is 2.62 bits per heavy atom. The van der Waals surface area contributed by atoms with Gasteiger partial charge in [0.15, 0.2) is 0 Å². The van der Waals surface area contributed by atoms with Crippen molar-refractivity contribution in [2.75, 3.05) is 13.1 Å². The SMILES string of the molecule is [CH2]=[Al][C]12CNCC1C2. The normalized spacial score (nSPS) is 50.2. The van der Waals surface area contributed by atoms with Gasteiger partial charge < -0.3 is 0 Å². The number of hydrogen-bond acceptors (Lipinski definition) is 1. The van der Waals surface area contributed by atoms with Crippen LogP contribution in [0.3, 0.4) is 0 Å². The van der Waals surface area contributed by atoms with Gasteiger partial charge in [0.2, 0.25) is 0 Å². The number of hydrogen-bond donors (Lipinski definition) is 1. The number of fused-ring (bicyclic) bond motifs is 1. The Labute approximate surface area is 55.7 Å². The number of rotatable bonds is 1. The predicted molar refractivity (Wildman–Crippen MR) is 36.5 cm³/mol. The summed E-state index contributed by atoms with van der Waals surface area (Å²) in [5.41, 5.74) is 0. The fourth-order valence-electron chi connectivity index (χ4n) is 1.69. The summed E-state index contributed by atoms with van der Waals surface area (Å²) in [6.07, 6.45) is 1.48. The first-order valence-electron chi connectivity index (χ1n) is 3.22. The molecule has 1 saturated heterocycles. The molecule has 1 aliphatic heterocycles. The summed E-state index contributed by atoms with van der Waals surface area (Å²) in [4.78, 5) is 0. The van der Waals surface area contributed by atoms with Gasteiger partial charge in [-0.1, -0.05) is 0 Å². The Kier molecular flexibility index (Phi) is 0.934. The summed E-state index contributed by atoms with van der Waals surface area (Å²) < 4.78 is 0.764. The van der Waals surface area contributed by atoms with Gasteiger partial charge in [0.25, 0.3) is 0 Å². The predicted octanol–water partition coefficient (Wildman–Crippen LogP) is -0.0956. The van der Waals surface area contributed by atoms with Crippen molar-refractivity contribution in [1.29, 1.82) is 0 Å². The van der Waals surface area contributed by atoms with Gasteiger partial charge in [-0.3, -0.25) is 0 Å². The molecule has 2 unspecified atom stereocenters. The molecule has 1 heterocycles. The monoisotopic (exact) mass is 123 g/mol. The maximum atomic E-state index is 4.02. The third-order valence-corrected chi connectivity index (χ3v) is 4.26. The summed E-state index contributed by atoms with van der Waals surface area (Å²) in [6.45, 7) is 2.55. The molecule has 1 aliphatic carbocycles. The maximum absolute atomic E-state index is 4.02. The van der Waals surface area contributed by atoms with Crippen LogP contribution in [-0.4, -0.2) is 33.3 Å². The topological polar surface area (TPSA) is 12.0 Å². The second kappa shape index (κ2) is 1.44. The van der Waals surface area contributed by atoms with Crippen LogP contribution in [0.15, 0.2) is 0 Å². The molecule has 2 heteroatoms. The van der Waals surface area contributed by atoms with Crippen LogP contribution in [0.1, 0.15) is 6.42 Å². The fraction of sp³-hybridized carbons (Fsp3) is 0.833. The van der Waals surface area contributed by atoms with Crippen LogP contribution in [-0.2, 0) is 0 Å². The first-order valence-corrected chi connectivity index (χ1v) is 4.61. The van der Waals surface area contributed by atoms with Crippen LogP contribution in [0.5, 0.6) is 0 Å². The van der Waals surface area contributed by atoms with Crippen LogP contribution in [0.25, 0.3) is 0 Å². The van der Waals surface area contributed by atoms with Crippen molar-refractivity contribution in [3.05, 3.63) is 0 Å². The van der Waals surface area contributed by atoms with Crippen molar-refractivity contribution in [2.24, 2.45) is 5.92 Å². The van der Waals surface area contributed by atoms with E-state index in [-0.39, 0.29) is 0 Å². The molecule has 1 N–H and O–H groups in total. The van der Waals surface area contributed by atoms with Gasteiger partial charge >= 0.3 is 55.2 Å². The van der Waals surface area contributed by atoms with Gasteiger partial charge in [0.05, 0.1) is 0 Å². The van der Waals surface area contributed by atoms with Crippen LogP contribution < -0.4 is 5.32 Å². The molecule has 0 amide bonds. The van der Waals surface area contributed by atoms with Gasteiger partial charge in [0, 0.05) is 0 Å². The molecule has 1 saturated carbocycles. The quantitative estimate of drug-likeness (QED) is 0.480. The molecule has 0 aromatic carbocycles. The van der Waals surface area contributed by atoms with Gasteiger partial charge in [0.1, 0.15) is 0 Å². The van der Waals surface area contributed by atoms with E-state index in [1.54, 1.807) is 0 Å². The Hall–Kier alpha value is 0.362. The Morgan fingerprint density at radius 3 is 2.88 bits per heavy atom. The molecule has 0 aromatic heterocycles. The Morgan fingerprint density at radius 1 is 1.75 bits per heavy atom. The number of nitrogens with one attached hydrogen (secondary N) is 1. The number of piperidine rings is 1. The van der Waals surface area contributed by atoms with E-state index in [1.165, 1.54) is 19.5 Å². The van der Waals surface area contributed by atoms with Crippen LogP contribution in [0.4, 0.5) is 0 Å². The van der Waals surface area contributed by atoms with Crippen molar-refractivity contribution < 1.29 is 0 Å². The molecule has 0 aromatic rings. The second-order valence-electron chi connectivity index (χ2n) is 2.97. The molecule has 2 fully saturated rings. The van der Waals surface area contributed by atoms with E-state index in [1.807, 2.05) is 0 Å². The van der Waals surface area contributed by atoms with E-state index in [4.69, 9.17) is 0 Å².